The van der Waals surface area contributed by atoms with E-state index in [4.69, 9.17) is 5.73 Å². The van der Waals surface area contributed by atoms with Gasteiger partial charge in [0.05, 0.1) is 0 Å². The van der Waals surface area contributed by atoms with Gasteiger partial charge in [-0.1, -0.05) is 6.92 Å². The van der Waals surface area contributed by atoms with Gasteiger partial charge in [0.1, 0.15) is 5.82 Å². The first-order valence-electron chi connectivity index (χ1n) is 6.38. The molecule has 0 spiro atoms. The highest BCUT2D eigenvalue weighted by Crippen LogP contribution is 2.23. The Kier molecular flexibility index (Phi) is 3.97. The highest BCUT2D eigenvalue weighted by Gasteiger charge is 2.29. The molecule has 1 fully saturated rings. The quantitative estimate of drug-likeness (QED) is 0.873. The molecule has 0 aliphatic carbocycles. The second-order valence-electron chi connectivity index (χ2n) is 5.02. The summed E-state index contributed by atoms with van der Waals surface area (Å²) in [6, 6.07) is 5.80. The number of hydrogen-bond donors (Lipinski definition) is 1. The number of nitrogens with zero attached hydrogens (tertiary/aromatic N) is 1. The van der Waals surface area contributed by atoms with Gasteiger partial charge in [-0.15, -0.1) is 0 Å². The molecule has 0 saturated carbocycles. The number of carbonyl (C=O) groups is 1. The van der Waals surface area contributed by atoms with Gasteiger partial charge in [-0.25, -0.2) is 4.39 Å². The topological polar surface area (TPSA) is 46.3 Å². The van der Waals surface area contributed by atoms with Crippen LogP contribution in [-0.4, -0.2) is 29.9 Å². The van der Waals surface area contributed by atoms with Crippen LogP contribution in [0.4, 0.5) is 4.39 Å². The average molecular weight is 250 g/mol. The fourth-order valence-electron chi connectivity index (χ4n) is 2.50. The first kappa shape index (κ1) is 13.0. The van der Waals surface area contributed by atoms with E-state index in [2.05, 4.69) is 6.92 Å². The molecule has 0 radical (unpaired) electrons. The van der Waals surface area contributed by atoms with Crippen molar-refractivity contribution in [1.82, 2.24) is 4.90 Å². The van der Waals surface area contributed by atoms with E-state index in [1.165, 1.54) is 24.3 Å². The lowest BCUT2D eigenvalue weighted by molar-refractivity contribution is 0.0573. The molecule has 2 unspecified atom stereocenters. The molecule has 2 rings (SSSR count). The molecule has 1 aromatic carbocycles. The van der Waals surface area contributed by atoms with Gasteiger partial charge in [-0.2, -0.15) is 0 Å². The van der Waals surface area contributed by atoms with Crippen molar-refractivity contribution in [3.63, 3.8) is 0 Å². The normalized spacial score (nSPS) is 24.1. The Balaban J connectivity index is 2.14. The molecular formula is C14H19FN2O. The van der Waals surface area contributed by atoms with Crippen LogP contribution in [0.25, 0.3) is 0 Å². The number of rotatable bonds is 2. The van der Waals surface area contributed by atoms with Crippen LogP contribution in [0.15, 0.2) is 24.3 Å². The van der Waals surface area contributed by atoms with Crippen molar-refractivity contribution in [2.75, 3.05) is 13.1 Å². The molecule has 1 saturated heterocycles. The van der Waals surface area contributed by atoms with Gasteiger partial charge in [0.25, 0.3) is 5.91 Å². The van der Waals surface area contributed by atoms with Gasteiger partial charge >= 0.3 is 0 Å². The Morgan fingerprint density at radius 3 is 2.72 bits per heavy atom. The van der Waals surface area contributed by atoms with E-state index >= 15 is 0 Å². The minimum atomic E-state index is -0.325. The molecule has 1 aliphatic heterocycles. The van der Waals surface area contributed by atoms with E-state index in [1.54, 1.807) is 0 Å². The van der Waals surface area contributed by atoms with Crippen molar-refractivity contribution in [3.8, 4) is 0 Å². The zero-order valence-electron chi connectivity index (χ0n) is 10.6. The molecular weight excluding hydrogens is 231 g/mol. The summed E-state index contributed by atoms with van der Waals surface area (Å²) in [5, 5.41) is 0. The minimum absolute atomic E-state index is 0.0441. The molecule has 2 N–H and O–H groups in total. The van der Waals surface area contributed by atoms with E-state index in [-0.39, 0.29) is 17.8 Å². The Morgan fingerprint density at radius 1 is 1.44 bits per heavy atom. The van der Waals surface area contributed by atoms with Crippen molar-refractivity contribution in [2.24, 2.45) is 11.7 Å². The highest BCUT2D eigenvalue weighted by atomic mass is 19.1. The number of benzene rings is 1. The van der Waals surface area contributed by atoms with Crippen molar-refractivity contribution in [3.05, 3.63) is 35.6 Å². The fourth-order valence-corrected chi connectivity index (χ4v) is 2.50. The molecule has 0 aromatic heterocycles. The zero-order valence-corrected chi connectivity index (χ0v) is 10.6. The molecule has 2 atom stereocenters. The average Bonchev–Trinajstić information content (AvgIpc) is 2.38. The number of likely N-dealkylation sites (tertiary alicyclic amines) is 1. The highest BCUT2D eigenvalue weighted by molar-refractivity contribution is 5.94. The summed E-state index contributed by atoms with van der Waals surface area (Å²) >= 11 is 0. The number of amides is 1. The fraction of sp³-hybridized carbons (Fsp3) is 0.500. The first-order valence-corrected chi connectivity index (χ1v) is 6.38. The van der Waals surface area contributed by atoms with Crippen molar-refractivity contribution in [2.45, 2.75) is 25.8 Å². The van der Waals surface area contributed by atoms with Crippen LogP contribution in [0, 0.1) is 11.7 Å². The predicted molar refractivity (Wildman–Crippen MR) is 68.7 cm³/mol. The first-order chi connectivity index (χ1) is 8.61. The summed E-state index contributed by atoms with van der Waals surface area (Å²) in [7, 11) is 0. The predicted octanol–water partition coefficient (Wildman–Crippen LogP) is 2.03. The Hall–Kier alpha value is -1.42. The smallest absolute Gasteiger partial charge is 0.254 e. The standard InChI is InChI=1S/C14H19FN2O/c1-10-6-7-17(13(8-10)9-16)14(18)11-2-4-12(15)5-3-11/h2-5,10,13H,6-9,16H2,1H3. The number of hydrogen-bond acceptors (Lipinski definition) is 2. The third-order valence-corrected chi connectivity index (χ3v) is 3.60. The Bertz CT molecular complexity index is 418. The van der Waals surface area contributed by atoms with E-state index in [0.29, 0.717) is 18.0 Å². The number of piperidine rings is 1. The zero-order chi connectivity index (χ0) is 13.1. The second kappa shape index (κ2) is 5.48. The molecule has 0 bridgehead atoms. The maximum Gasteiger partial charge on any atom is 0.254 e. The van der Waals surface area contributed by atoms with Crippen LogP contribution in [0.2, 0.25) is 0 Å². The van der Waals surface area contributed by atoms with Crippen molar-refractivity contribution in [1.29, 1.82) is 0 Å². The van der Waals surface area contributed by atoms with E-state index in [9.17, 15) is 9.18 Å². The van der Waals surface area contributed by atoms with E-state index < -0.39 is 0 Å². The molecule has 1 aromatic rings. The van der Waals surface area contributed by atoms with E-state index in [1.807, 2.05) is 4.90 Å². The SMILES string of the molecule is CC1CCN(C(=O)c2ccc(F)cc2)C(CN)C1. The molecule has 1 aliphatic rings. The van der Waals surface area contributed by atoms with Gasteiger partial charge in [0, 0.05) is 24.7 Å². The maximum absolute atomic E-state index is 12.8. The van der Waals surface area contributed by atoms with Gasteiger partial charge in [-0.3, -0.25) is 4.79 Å². The second-order valence-corrected chi connectivity index (χ2v) is 5.02. The van der Waals surface area contributed by atoms with Crippen LogP contribution in [-0.2, 0) is 0 Å². The summed E-state index contributed by atoms with van der Waals surface area (Å²) in [5.41, 5.74) is 6.27. The van der Waals surface area contributed by atoms with Gasteiger partial charge in [0.2, 0.25) is 0 Å². The van der Waals surface area contributed by atoms with Gasteiger partial charge in [-0.05, 0) is 43.0 Å². The molecule has 1 amide bonds. The van der Waals surface area contributed by atoms with Gasteiger partial charge < -0.3 is 10.6 Å². The van der Waals surface area contributed by atoms with Crippen molar-refractivity contribution >= 4 is 5.91 Å². The lowest BCUT2D eigenvalue weighted by atomic mass is 9.92. The largest absolute Gasteiger partial charge is 0.334 e. The molecule has 3 nitrogen and oxygen atoms in total. The van der Waals surface area contributed by atoms with Crippen molar-refractivity contribution < 1.29 is 9.18 Å². The summed E-state index contributed by atoms with van der Waals surface area (Å²) in [6.07, 6.45) is 1.95. The number of carbonyl (C=O) groups excluding carboxylic acids is 1. The van der Waals surface area contributed by atoms with Gasteiger partial charge in [0.15, 0.2) is 0 Å². The molecule has 1 heterocycles. The number of nitrogens with two attached hydrogens (primary N) is 1. The van der Waals surface area contributed by atoms with Crippen LogP contribution in [0.1, 0.15) is 30.1 Å². The monoisotopic (exact) mass is 250 g/mol. The molecule has 18 heavy (non-hydrogen) atoms. The molecule has 98 valence electrons. The van der Waals surface area contributed by atoms with Crippen LogP contribution in [0.3, 0.4) is 0 Å². The van der Waals surface area contributed by atoms with E-state index in [0.717, 1.165) is 19.4 Å². The lowest BCUT2D eigenvalue weighted by Crippen LogP contribution is -2.49. The third-order valence-electron chi connectivity index (χ3n) is 3.60. The summed E-state index contributed by atoms with van der Waals surface area (Å²) in [4.78, 5) is 14.2. The number of halogens is 1. The van der Waals surface area contributed by atoms with Crippen LogP contribution < -0.4 is 5.73 Å². The minimum Gasteiger partial charge on any atom is -0.334 e. The third kappa shape index (κ3) is 2.70. The molecule has 4 heteroatoms. The summed E-state index contributed by atoms with van der Waals surface area (Å²) < 4.78 is 12.8. The maximum atomic E-state index is 12.8. The lowest BCUT2D eigenvalue weighted by Gasteiger charge is -2.38. The van der Waals surface area contributed by atoms with Crippen LogP contribution >= 0.6 is 0 Å². The Morgan fingerprint density at radius 2 is 2.11 bits per heavy atom. The summed E-state index contributed by atoms with van der Waals surface area (Å²) in [6.45, 7) is 3.40. The summed E-state index contributed by atoms with van der Waals surface area (Å²) in [5.74, 6) is 0.238. The Labute approximate surface area is 107 Å². The van der Waals surface area contributed by atoms with Crippen LogP contribution in [0.5, 0.6) is 0 Å².